The molecular formula is C27H37N3O5S. The maximum atomic E-state index is 13.8. The Morgan fingerprint density at radius 3 is 2.42 bits per heavy atom. The van der Waals surface area contributed by atoms with Crippen LogP contribution >= 0.6 is 0 Å². The molecule has 1 fully saturated rings. The van der Waals surface area contributed by atoms with E-state index in [0.29, 0.717) is 17.9 Å². The van der Waals surface area contributed by atoms with Gasteiger partial charge in [-0.2, -0.15) is 0 Å². The molecule has 2 aromatic rings. The third kappa shape index (κ3) is 7.22. The average Bonchev–Trinajstić information content (AvgIpc) is 3.34. The first-order valence-corrected chi connectivity index (χ1v) is 14.2. The van der Waals surface area contributed by atoms with Crippen LogP contribution in [0.1, 0.15) is 50.2 Å². The predicted molar refractivity (Wildman–Crippen MR) is 141 cm³/mol. The van der Waals surface area contributed by atoms with E-state index in [0.717, 1.165) is 47.4 Å². The highest BCUT2D eigenvalue weighted by Gasteiger charge is 2.33. The first-order valence-electron chi connectivity index (χ1n) is 12.4. The molecule has 0 bridgehead atoms. The van der Waals surface area contributed by atoms with Gasteiger partial charge in [0.05, 0.1) is 19.1 Å². The van der Waals surface area contributed by atoms with Gasteiger partial charge < -0.3 is 15.0 Å². The number of rotatable bonds is 11. The number of nitrogens with zero attached hydrogens (tertiary/aromatic N) is 2. The third-order valence-electron chi connectivity index (χ3n) is 6.54. The summed E-state index contributed by atoms with van der Waals surface area (Å²) in [7, 11) is -2.30. The third-order valence-corrected chi connectivity index (χ3v) is 7.68. The predicted octanol–water partition coefficient (Wildman–Crippen LogP) is 3.64. The van der Waals surface area contributed by atoms with Crippen LogP contribution in [0.3, 0.4) is 0 Å². The minimum absolute atomic E-state index is 0.117. The Labute approximate surface area is 214 Å². The van der Waals surface area contributed by atoms with E-state index in [-0.39, 0.29) is 18.5 Å². The summed E-state index contributed by atoms with van der Waals surface area (Å²) >= 11 is 0. The quantitative estimate of drug-likeness (QED) is 0.493. The van der Waals surface area contributed by atoms with Crippen LogP contribution in [-0.4, -0.2) is 57.1 Å². The minimum atomic E-state index is -3.79. The van der Waals surface area contributed by atoms with Crippen molar-refractivity contribution in [3.05, 3.63) is 59.7 Å². The van der Waals surface area contributed by atoms with Crippen molar-refractivity contribution in [1.82, 2.24) is 10.2 Å². The average molecular weight is 516 g/mol. The highest BCUT2D eigenvalue weighted by molar-refractivity contribution is 7.92. The molecule has 1 unspecified atom stereocenters. The molecule has 1 aliphatic carbocycles. The van der Waals surface area contributed by atoms with Gasteiger partial charge in [-0.05, 0) is 43.9 Å². The molecule has 2 amide bonds. The molecule has 0 spiro atoms. The molecule has 0 radical (unpaired) electrons. The molecule has 3 rings (SSSR count). The lowest BCUT2D eigenvalue weighted by Crippen LogP contribution is -2.53. The molecule has 0 aliphatic heterocycles. The maximum Gasteiger partial charge on any atom is 0.244 e. The summed E-state index contributed by atoms with van der Waals surface area (Å²) in [4.78, 5) is 28.6. The smallest absolute Gasteiger partial charge is 0.244 e. The first-order chi connectivity index (χ1) is 17.1. The van der Waals surface area contributed by atoms with Crippen molar-refractivity contribution in [2.75, 3.05) is 24.2 Å². The van der Waals surface area contributed by atoms with Crippen LogP contribution in [0, 0.1) is 6.92 Å². The molecular weight excluding hydrogens is 478 g/mol. The Morgan fingerprint density at radius 1 is 1.11 bits per heavy atom. The molecule has 0 saturated heterocycles. The van der Waals surface area contributed by atoms with E-state index in [9.17, 15) is 18.0 Å². The number of sulfonamides is 1. The monoisotopic (exact) mass is 515 g/mol. The summed E-state index contributed by atoms with van der Waals surface area (Å²) < 4.78 is 31.8. The van der Waals surface area contributed by atoms with E-state index in [2.05, 4.69) is 5.32 Å². The van der Waals surface area contributed by atoms with Crippen molar-refractivity contribution in [2.24, 2.45) is 0 Å². The van der Waals surface area contributed by atoms with Crippen LogP contribution in [0.15, 0.2) is 48.5 Å². The SMILES string of the molecule is CCC(C(=O)NC1CCCC1)N(Cc1cccc(C)c1)C(=O)CN(c1cccc(OC)c1)S(C)(=O)=O. The van der Waals surface area contributed by atoms with Crippen LogP contribution in [-0.2, 0) is 26.2 Å². The number of aryl methyl sites for hydroxylation is 1. The van der Waals surface area contributed by atoms with Crippen molar-refractivity contribution in [3.63, 3.8) is 0 Å². The zero-order chi connectivity index (χ0) is 26.3. The largest absolute Gasteiger partial charge is 0.497 e. The van der Waals surface area contributed by atoms with Gasteiger partial charge >= 0.3 is 0 Å². The molecule has 196 valence electrons. The molecule has 1 aliphatic rings. The number of benzene rings is 2. The van der Waals surface area contributed by atoms with E-state index < -0.39 is 28.5 Å². The Hall–Kier alpha value is -3.07. The van der Waals surface area contributed by atoms with Crippen LogP contribution < -0.4 is 14.4 Å². The number of carbonyl (C=O) groups is 2. The van der Waals surface area contributed by atoms with Gasteiger partial charge in [0.15, 0.2) is 0 Å². The molecule has 36 heavy (non-hydrogen) atoms. The van der Waals surface area contributed by atoms with Crippen molar-refractivity contribution in [1.29, 1.82) is 0 Å². The molecule has 0 aromatic heterocycles. The van der Waals surface area contributed by atoms with Gasteiger partial charge in [0.25, 0.3) is 0 Å². The lowest BCUT2D eigenvalue weighted by Gasteiger charge is -2.33. The fourth-order valence-corrected chi connectivity index (χ4v) is 5.51. The van der Waals surface area contributed by atoms with Gasteiger partial charge in [-0.15, -0.1) is 0 Å². The molecule has 1 saturated carbocycles. The van der Waals surface area contributed by atoms with Gasteiger partial charge in [0.1, 0.15) is 18.3 Å². The lowest BCUT2D eigenvalue weighted by atomic mass is 10.1. The van der Waals surface area contributed by atoms with E-state index in [1.54, 1.807) is 24.3 Å². The summed E-state index contributed by atoms with van der Waals surface area (Å²) in [6.07, 6.45) is 5.51. The summed E-state index contributed by atoms with van der Waals surface area (Å²) in [6.45, 7) is 3.61. The zero-order valence-corrected chi connectivity index (χ0v) is 22.4. The van der Waals surface area contributed by atoms with Crippen molar-refractivity contribution < 1.29 is 22.7 Å². The number of hydrogen-bond acceptors (Lipinski definition) is 5. The van der Waals surface area contributed by atoms with Crippen LogP contribution in [0.2, 0.25) is 0 Å². The number of ether oxygens (including phenoxy) is 1. The van der Waals surface area contributed by atoms with Gasteiger partial charge in [-0.1, -0.05) is 55.7 Å². The van der Waals surface area contributed by atoms with E-state index in [4.69, 9.17) is 4.74 Å². The minimum Gasteiger partial charge on any atom is -0.497 e. The Morgan fingerprint density at radius 2 is 1.81 bits per heavy atom. The van der Waals surface area contributed by atoms with Crippen LogP contribution in [0.25, 0.3) is 0 Å². The summed E-state index contributed by atoms with van der Waals surface area (Å²) in [6, 6.07) is 13.7. The molecule has 2 aromatic carbocycles. The highest BCUT2D eigenvalue weighted by Crippen LogP contribution is 2.24. The summed E-state index contributed by atoms with van der Waals surface area (Å²) in [5, 5.41) is 3.11. The van der Waals surface area contributed by atoms with Gasteiger partial charge in [0, 0.05) is 18.7 Å². The Balaban J connectivity index is 1.93. The summed E-state index contributed by atoms with van der Waals surface area (Å²) in [5.41, 5.74) is 2.24. The normalized spacial score (nSPS) is 14.8. The molecule has 1 atom stereocenters. The van der Waals surface area contributed by atoms with E-state index in [1.807, 2.05) is 38.1 Å². The highest BCUT2D eigenvalue weighted by atomic mass is 32.2. The second kappa shape index (κ2) is 12.3. The number of anilines is 1. The van der Waals surface area contributed by atoms with Gasteiger partial charge in [0.2, 0.25) is 21.8 Å². The Kier molecular flexibility index (Phi) is 9.37. The standard InChI is InChI=1S/C27H37N3O5S/c1-5-25(27(32)28-22-12-6-7-13-22)29(18-21-11-8-10-20(2)16-21)26(31)19-30(36(4,33)34)23-14-9-15-24(17-23)35-3/h8-11,14-17,22,25H,5-7,12-13,18-19H2,1-4H3,(H,28,32). The van der Waals surface area contributed by atoms with E-state index in [1.165, 1.54) is 12.0 Å². The van der Waals surface area contributed by atoms with E-state index >= 15 is 0 Å². The molecule has 8 nitrogen and oxygen atoms in total. The van der Waals surface area contributed by atoms with Gasteiger partial charge in [-0.3, -0.25) is 13.9 Å². The van der Waals surface area contributed by atoms with Gasteiger partial charge in [-0.25, -0.2) is 8.42 Å². The fraction of sp³-hybridized carbons (Fsp3) is 0.481. The number of amides is 2. The number of methoxy groups -OCH3 is 1. The molecule has 9 heteroatoms. The number of nitrogens with one attached hydrogen (secondary N) is 1. The first kappa shape index (κ1) is 27.5. The maximum absolute atomic E-state index is 13.8. The van der Waals surface area contributed by atoms with Crippen molar-refractivity contribution >= 4 is 27.5 Å². The molecule has 1 N–H and O–H groups in total. The fourth-order valence-electron chi connectivity index (χ4n) is 4.67. The topological polar surface area (TPSA) is 96.0 Å². The van der Waals surface area contributed by atoms with Crippen LogP contribution in [0.4, 0.5) is 5.69 Å². The van der Waals surface area contributed by atoms with Crippen molar-refractivity contribution in [3.8, 4) is 5.75 Å². The van der Waals surface area contributed by atoms with Crippen LogP contribution in [0.5, 0.6) is 5.75 Å². The molecule has 0 heterocycles. The van der Waals surface area contributed by atoms with Crippen molar-refractivity contribution in [2.45, 2.75) is 64.6 Å². The second-order valence-electron chi connectivity index (χ2n) is 9.40. The zero-order valence-electron chi connectivity index (χ0n) is 21.6. The Bertz CT molecular complexity index is 1160. The second-order valence-corrected chi connectivity index (χ2v) is 11.3. The number of carbonyl (C=O) groups excluding carboxylic acids is 2. The summed E-state index contributed by atoms with van der Waals surface area (Å²) in [5.74, 6) is -0.163. The lowest BCUT2D eigenvalue weighted by molar-refractivity contribution is -0.140. The number of hydrogen-bond donors (Lipinski definition) is 1.